The number of ether oxygens (including phenoxy) is 1. The fraction of sp³-hybridized carbons (Fsp3) is 0.353. The van der Waals surface area contributed by atoms with Crippen LogP contribution in [0.1, 0.15) is 19.3 Å². The number of benzene rings is 2. The van der Waals surface area contributed by atoms with Crippen LogP contribution in [0.15, 0.2) is 42.5 Å². The molecule has 3 rings (SSSR count). The van der Waals surface area contributed by atoms with Gasteiger partial charge in [0.15, 0.2) is 0 Å². The monoisotopic (exact) mass is 269 g/mol. The molecule has 0 unspecified atom stereocenters. The van der Waals surface area contributed by atoms with Crippen LogP contribution in [0, 0.1) is 5.92 Å². The molecule has 3 nitrogen and oxygen atoms in total. The first-order valence-electron chi connectivity index (χ1n) is 7.18. The molecule has 0 bridgehead atoms. The second kappa shape index (κ2) is 6.06. The Hall–Kier alpha value is -1.87. The number of hydrogen-bond donors (Lipinski definition) is 1. The van der Waals surface area contributed by atoms with E-state index in [1.165, 1.54) is 5.39 Å². The van der Waals surface area contributed by atoms with E-state index in [4.69, 9.17) is 4.74 Å². The van der Waals surface area contributed by atoms with Crippen molar-refractivity contribution in [2.75, 3.05) is 18.5 Å². The number of amides is 1. The van der Waals surface area contributed by atoms with Gasteiger partial charge in [-0.25, -0.2) is 0 Å². The molecule has 3 heteroatoms. The van der Waals surface area contributed by atoms with Crippen molar-refractivity contribution in [2.24, 2.45) is 5.92 Å². The van der Waals surface area contributed by atoms with Crippen molar-refractivity contribution in [2.45, 2.75) is 19.3 Å². The van der Waals surface area contributed by atoms with Gasteiger partial charge in [-0.2, -0.15) is 0 Å². The van der Waals surface area contributed by atoms with Crippen LogP contribution in [0.3, 0.4) is 0 Å². The van der Waals surface area contributed by atoms with Crippen LogP contribution in [0.4, 0.5) is 5.69 Å². The van der Waals surface area contributed by atoms with E-state index < -0.39 is 0 Å². The maximum Gasteiger partial charge on any atom is 0.224 e. The summed E-state index contributed by atoms with van der Waals surface area (Å²) in [6, 6.07) is 14.2. The van der Waals surface area contributed by atoms with Gasteiger partial charge in [0, 0.05) is 25.3 Å². The van der Waals surface area contributed by atoms with Gasteiger partial charge in [-0.15, -0.1) is 0 Å². The van der Waals surface area contributed by atoms with E-state index in [-0.39, 0.29) is 5.91 Å². The molecule has 0 spiro atoms. The van der Waals surface area contributed by atoms with Gasteiger partial charge in [0.05, 0.1) is 0 Å². The summed E-state index contributed by atoms with van der Waals surface area (Å²) < 4.78 is 5.32. The number of carbonyl (C=O) groups is 1. The molecule has 1 N–H and O–H groups in total. The van der Waals surface area contributed by atoms with Crippen LogP contribution in [0.2, 0.25) is 0 Å². The number of rotatable bonds is 3. The highest BCUT2D eigenvalue weighted by Crippen LogP contribution is 2.21. The lowest BCUT2D eigenvalue weighted by atomic mass is 9.96. The van der Waals surface area contributed by atoms with E-state index in [1.807, 2.05) is 30.3 Å². The first kappa shape index (κ1) is 13.1. The molecule has 1 amide bonds. The number of fused-ring (bicyclic) bond motifs is 1. The van der Waals surface area contributed by atoms with Gasteiger partial charge in [-0.05, 0) is 41.7 Å². The summed E-state index contributed by atoms with van der Waals surface area (Å²) in [6.45, 7) is 1.57. The van der Waals surface area contributed by atoms with Crippen LogP contribution in [-0.4, -0.2) is 19.1 Å². The van der Waals surface area contributed by atoms with Gasteiger partial charge >= 0.3 is 0 Å². The molecule has 20 heavy (non-hydrogen) atoms. The Balaban J connectivity index is 1.64. The largest absolute Gasteiger partial charge is 0.381 e. The van der Waals surface area contributed by atoms with Crippen molar-refractivity contribution in [3.05, 3.63) is 42.5 Å². The number of hydrogen-bond acceptors (Lipinski definition) is 2. The minimum absolute atomic E-state index is 0.104. The summed E-state index contributed by atoms with van der Waals surface area (Å²) in [7, 11) is 0. The molecule has 0 aromatic heterocycles. The van der Waals surface area contributed by atoms with Crippen LogP contribution >= 0.6 is 0 Å². The topological polar surface area (TPSA) is 38.3 Å². The molecule has 2 aromatic carbocycles. The van der Waals surface area contributed by atoms with Crippen molar-refractivity contribution >= 4 is 22.4 Å². The highest BCUT2D eigenvalue weighted by molar-refractivity contribution is 5.94. The van der Waals surface area contributed by atoms with E-state index in [1.54, 1.807) is 0 Å². The highest BCUT2D eigenvalue weighted by Gasteiger charge is 2.17. The van der Waals surface area contributed by atoms with Crippen LogP contribution in [0.25, 0.3) is 10.8 Å². The second-order valence-corrected chi connectivity index (χ2v) is 5.37. The Morgan fingerprint density at radius 2 is 1.85 bits per heavy atom. The zero-order chi connectivity index (χ0) is 13.8. The van der Waals surface area contributed by atoms with Crippen molar-refractivity contribution in [3.63, 3.8) is 0 Å². The molecule has 1 aliphatic heterocycles. The maximum atomic E-state index is 12.1. The number of carbonyl (C=O) groups excluding carboxylic acids is 1. The molecule has 2 aromatic rings. The molecule has 1 fully saturated rings. The molecule has 1 heterocycles. The Bertz CT molecular complexity index is 603. The van der Waals surface area contributed by atoms with Crippen LogP contribution < -0.4 is 5.32 Å². The van der Waals surface area contributed by atoms with E-state index in [2.05, 4.69) is 17.4 Å². The predicted molar refractivity (Wildman–Crippen MR) is 80.7 cm³/mol. The highest BCUT2D eigenvalue weighted by atomic mass is 16.5. The van der Waals surface area contributed by atoms with Gasteiger partial charge in [-0.3, -0.25) is 4.79 Å². The average Bonchev–Trinajstić information content (AvgIpc) is 2.48. The lowest BCUT2D eigenvalue weighted by Crippen LogP contribution is -2.22. The van der Waals surface area contributed by atoms with E-state index in [9.17, 15) is 4.79 Å². The molecule has 0 atom stereocenters. The van der Waals surface area contributed by atoms with Crippen molar-refractivity contribution < 1.29 is 9.53 Å². The van der Waals surface area contributed by atoms with E-state index >= 15 is 0 Å². The molecular formula is C17H19NO2. The van der Waals surface area contributed by atoms with Crippen LogP contribution in [0.5, 0.6) is 0 Å². The Kier molecular flexibility index (Phi) is 3.97. The average molecular weight is 269 g/mol. The Labute approximate surface area is 118 Å². The molecular weight excluding hydrogens is 250 g/mol. The molecule has 0 radical (unpaired) electrons. The van der Waals surface area contributed by atoms with Gasteiger partial charge in [0.2, 0.25) is 5.91 Å². The zero-order valence-electron chi connectivity index (χ0n) is 11.5. The summed E-state index contributed by atoms with van der Waals surface area (Å²) in [5, 5.41) is 5.34. The van der Waals surface area contributed by atoms with E-state index in [0.29, 0.717) is 12.3 Å². The van der Waals surface area contributed by atoms with Crippen molar-refractivity contribution in [3.8, 4) is 0 Å². The fourth-order valence-corrected chi connectivity index (χ4v) is 2.69. The summed E-state index contributed by atoms with van der Waals surface area (Å²) in [5.74, 6) is 0.566. The van der Waals surface area contributed by atoms with E-state index in [0.717, 1.165) is 37.1 Å². The second-order valence-electron chi connectivity index (χ2n) is 5.37. The molecule has 1 aliphatic rings. The molecule has 0 aliphatic carbocycles. The first-order chi connectivity index (χ1) is 9.81. The zero-order valence-corrected chi connectivity index (χ0v) is 11.5. The standard InChI is InChI=1S/C17H19NO2/c19-17(11-13-7-9-20-10-8-13)18-16-6-5-14-3-1-2-4-15(14)12-16/h1-6,12-13H,7-11H2,(H,18,19). The Morgan fingerprint density at radius 1 is 1.10 bits per heavy atom. The molecule has 0 saturated carbocycles. The Morgan fingerprint density at radius 3 is 2.65 bits per heavy atom. The van der Waals surface area contributed by atoms with Gasteiger partial charge in [0.25, 0.3) is 0 Å². The summed E-state index contributed by atoms with van der Waals surface area (Å²) in [4.78, 5) is 12.1. The van der Waals surface area contributed by atoms with Gasteiger partial charge in [-0.1, -0.05) is 30.3 Å². The summed E-state index contributed by atoms with van der Waals surface area (Å²) in [6.07, 6.45) is 2.58. The number of nitrogens with one attached hydrogen (secondary N) is 1. The van der Waals surface area contributed by atoms with Crippen LogP contribution in [-0.2, 0) is 9.53 Å². The predicted octanol–water partition coefficient (Wildman–Crippen LogP) is 3.60. The quantitative estimate of drug-likeness (QED) is 0.924. The third-order valence-electron chi connectivity index (χ3n) is 3.85. The third kappa shape index (κ3) is 3.17. The fourth-order valence-electron chi connectivity index (χ4n) is 2.69. The summed E-state index contributed by atoms with van der Waals surface area (Å²) in [5.41, 5.74) is 0.876. The van der Waals surface area contributed by atoms with Crippen molar-refractivity contribution in [1.82, 2.24) is 0 Å². The molecule has 1 saturated heterocycles. The first-order valence-corrected chi connectivity index (χ1v) is 7.18. The van der Waals surface area contributed by atoms with Crippen molar-refractivity contribution in [1.29, 1.82) is 0 Å². The van der Waals surface area contributed by atoms with Gasteiger partial charge < -0.3 is 10.1 Å². The lowest BCUT2D eigenvalue weighted by Gasteiger charge is -2.21. The third-order valence-corrected chi connectivity index (χ3v) is 3.85. The van der Waals surface area contributed by atoms with Gasteiger partial charge in [0.1, 0.15) is 0 Å². The minimum Gasteiger partial charge on any atom is -0.381 e. The minimum atomic E-state index is 0.104. The smallest absolute Gasteiger partial charge is 0.224 e. The molecule has 104 valence electrons. The summed E-state index contributed by atoms with van der Waals surface area (Å²) >= 11 is 0. The lowest BCUT2D eigenvalue weighted by molar-refractivity contribution is -0.117. The normalized spacial score (nSPS) is 16.2. The number of anilines is 1. The SMILES string of the molecule is O=C(CC1CCOCC1)Nc1ccc2ccccc2c1. The maximum absolute atomic E-state index is 12.1.